The van der Waals surface area contributed by atoms with Gasteiger partial charge in [0, 0.05) is 19.7 Å². The molecule has 1 heterocycles. The smallest absolute Gasteiger partial charge is 0.186 e. The molecule has 0 spiro atoms. The number of rotatable bonds is 4. The fraction of sp³-hybridized carbons (Fsp3) is 0.286. The molecule has 0 amide bonds. The van der Waals surface area contributed by atoms with E-state index < -0.39 is 0 Å². The number of anilines is 1. The Kier molecular flexibility index (Phi) is 3.85. The van der Waals surface area contributed by atoms with Crippen molar-refractivity contribution in [2.45, 2.75) is 6.92 Å². The number of carbonyl (C=O) groups is 1. The predicted molar refractivity (Wildman–Crippen MR) is 78.6 cm³/mol. The lowest BCUT2D eigenvalue weighted by Crippen LogP contribution is -2.07. The van der Waals surface area contributed by atoms with Crippen LogP contribution >= 0.6 is 11.3 Å². The van der Waals surface area contributed by atoms with Gasteiger partial charge in [0.25, 0.3) is 0 Å². The van der Waals surface area contributed by atoms with Crippen LogP contribution in [0, 0.1) is 6.92 Å². The molecule has 0 saturated carbocycles. The summed E-state index contributed by atoms with van der Waals surface area (Å²) in [6.45, 7) is 1.97. The monoisotopic (exact) mass is 276 g/mol. The summed E-state index contributed by atoms with van der Waals surface area (Å²) in [4.78, 5) is 18.2. The van der Waals surface area contributed by atoms with Gasteiger partial charge in [-0.1, -0.05) is 11.3 Å². The summed E-state index contributed by atoms with van der Waals surface area (Å²) in [7, 11) is 5.47. The van der Waals surface area contributed by atoms with Crippen LogP contribution in [0.5, 0.6) is 5.75 Å². The molecular weight excluding hydrogens is 260 g/mol. The van der Waals surface area contributed by atoms with Crippen LogP contribution in [-0.4, -0.2) is 32.5 Å². The number of aromatic nitrogens is 1. The molecule has 0 N–H and O–H groups in total. The summed E-state index contributed by atoms with van der Waals surface area (Å²) in [5, 5.41) is 0.825. The third-order valence-corrected chi connectivity index (χ3v) is 3.95. The van der Waals surface area contributed by atoms with Gasteiger partial charge in [-0.15, -0.1) is 0 Å². The molecule has 0 atom stereocenters. The quantitative estimate of drug-likeness (QED) is 0.805. The first-order valence-corrected chi connectivity index (χ1v) is 6.66. The molecule has 0 aliphatic carbocycles. The van der Waals surface area contributed by atoms with E-state index in [1.54, 1.807) is 7.11 Å². The molecule has 0 saturated heterocycles. The normalized spacial score (nSPS) is 10.3. The topological polar surface area (TPSA) is 42.4 Å². The van der Waals surface area contributed by atoms with Gasteiger partial charge in [0.15, 0.2) is 11.4 Å². The number of aldehydes is 1. The highest BCUT2D eigenvalue weighted by atomic mass is 32.1. The summed E-state index contributed by atoms with van der Waals surface area (Å²) >= 11 is 1.39. The van der Waals surface area contributed by atoms with E-state index in [9.17, 15) is 4.79 Å². The molecule has 100 valence electrons. The summed E-state index contributed by atoms with van der Waals surface area (Å²) in [6.07, 6.45) is 0.861. The van der Waals surface area contributed by atoms with E-state index in [1.807, 2.05) is 44.1 Å². The Bertz CT molecular complexity index is 605. The van der Waals surface area contributed by atoms with E-state index in [-0.39, 0.29) is 0 Å². The number of methoxy groups -OCH3 is 1. The molecule has 4 nitrogen and oxygen atoms in total. The van der Waals surface area contributed by atoms with Crippen LogP contribution in [-0.2, 0) is 0 Å². The van der Waals surface area contributed by atoms with Crippen molar-refractivity contribution in [3.8, 4) is 17.0 Å². The van der Waals surface area contributed by atoms with Gasteiger partial charge in [-0.05, 0) is 30.7 Å². The van der Waals surface area contributed by atoms with Gasteiger partial charge in [0.2, 0.25) is 0 Å². The SMILES string of the molecule is COc1ccc(-c2nc(N(C)C)sc2C=O)cc1C. The molecule has 2 aromatic rings. The average molecular weight is 276 g/mol. The van der Waals surface area contributed by atoms with Crippen molar-refractivity contribution in [1.82, 2.24) is 4.98 Å². The molecule has 0 aliphatic heterocycles. The Morgan fingerprint density at radius 1 is 1.37 bits per heavy atom. The predicted octanol–water partition coefficient (Wildman–Crippen LogP) is 3.01. The zero-order valence-electron chi connectivity index (χ0n) is 11.4. The Morgan fingerprint density at radius 3 is 2.63 bits per heavy atom. The van der Waals surface area contributed by atoms with E-state index in [4.69, 9.17) is 4.74 Å². The number of hydrogen-bond donors (Lipinski definition) is 0. The molecule has 1 aromatic heterocycles. The van der Waals surface area contributed by atoms with Gasteiger partial charge in [0.05, 0.1) is 17.7 Å². The second-order valence-electron chi connectivity index (χ2n) is 4.41. The number of carbonyl (C=O) groups excluding carboxylic acids is 1. The second-order valence-corrected chi connectivity index (χ2v) is 5.42. The summed E-state index contributed by atoms with van der Waals surface area (Å²) < 4.78 is 5.24. The highest BCUT2D eigenvalue weighted by Gasteiger charge is 2.14. The van der Waals surface area contributed by atoms with E-state index in [1.165, 1.54) is 11.3 Å². The fourth-order valence-corrected chi connectivity index (χ4v) is 2.65. The highest BCUT2D eigenvalue weighted by Crippen LogP contribution is 2.33. The van der Waals surface area contributed by atoms with Gasteiger partial charge in [-0.25, -0.2) is 4.98 Å². The van der Waals surface area contributed by atoms with Crippen molar-refractivity contribution in [2.24, 2.45) is 0 Å². The lowest BCUT2D eigenvalue weighted by atomic mass is 10.1. The fourth-order valence-electron chi connectivity index (χ4n) is 1.82. The standard InChI is InChI=1S/C14H16N2O2S/c1-9-7-10(5-6-11(9)18-4)13-12(8-17)19-14(15-13)16(2)3/h5-8H,1-4H3. The summed E-state index contributed by atoms with van der Waals surface area (Å²) in [5.74, 6) is 0.833. The molecule has 0 bridgehead atoms. The highest BCUT2D eigenvalue weighted by molar-refractivity contribution is 7.17. The number of nitrogens with zero attached hydrogens (tertiary/aromatic N) is 2. The summed E-state index contributed by atoms with van der Waals surface area (Å²) in [6, 6.07) is 5.81. The molecule has 19 heavy (non-hydrogen) atoms. The largest absolute Gasteiger partial charge is 0.496 e. The maximum absolute atomic E-state index is 11.2. The van der Waals surface area contributed by atoms with Crippen molar-refractivity contribution in [3.63, 3.8) is 0 Å². The molecule has 1 aromatic carbocycles. The van der Waals surface area contributed by atoms with Crippen LogP contribution < -0.4 is 9.64 Å². The second kappa shape index (κ2) is 5.40. The van der Waals surface area contributed by atoms with Crippen molar-refractivity contribution in [3.05, 3.63) is 28.6 Å². The minimum atomic E-state index is 0.647. The van der Waals surface area contributed by atoms with Crippen molar-refractivity contribution < 1.29 is 9.53 Å². The van der Waals surface area contributed by atoms with Crippen LogP contribution in [0.15, 0.2) is 18.2 Å². The molecule has 0 radical (unpaired) electrons. The number of ether oxygens (including phenoxy) is 1. The molecule has 2 rings (SSSR count). The first kappa shape index (κ1) is 13.5. The lowest BCUT2D eigenvalue weighted by molar-refractivity contribution is 0.112. The third kappa shape index (κ3) is 2.61. The molecule has 0 aliphatic rings. The number of benzene rings is 1. The first-order valence-electron chi connectivity index (χ1n) is 5.85. The maximum atomic E-state index is 11.2. The van der Waals surface area contributed by atoms with Crippen LogP contribution in [0.1, 0.15) is 15.2 Å². The van der Waals surface area contributed by atoms with Crippen LogP contribution in [0.4, 0.5) is 5.13 Å². The van der Waals surface area contributed by atoms with Crippen LogP contribution in [0.3, 0.4) is 0 Å². The van der Waals surface area contributed by atoms with E-state index in [0.717, 1.165) is 34.0 Å². The Balaban J connectivity index is 2.51. The van der Waals surface area contributed by atoms with E-state index in [0.29, 0.717) is 4.88 Å². The van der Waals surface area contributed by atoms with Crippen molar-refractivity contribution >= 4 is 22.8 Å². The lowest BCUT2D eigenvalue weighted by Gasteiger charge is -2.07. The number of hydrogen-bond acceptors (Lipinski definition) is 5. The van der Waals surface area contributed by atoms with Gasteiger partial charge in [0.1, 0.15) is 5.75 Å². The third-order valence-electron chi connectivity index (χ3n) is 2.80. The summed E-state index contributed by atoms with van der Waals surface area (Å²) in [5.41, 5.74) is 2.69. The van der Waals surface area contributed by atoms with Gasteiger partial charge < -0.3 is 9.64 Å². The van der Waals surface area contributed by atoms with E-state index >= 15 is 0 Å². The maximum Gasteiger partial charge on any atom is 0.186 e. The minimum absolute atomic E-state index is 0.647. The first-order chi connectivity index (χ1) is 9.06. The van der Waals surface area contributed by atoms with Crippen molar-refractivity contribution in [2.75, 3.05) is 26.1 Å². The van der Waals surface area contributed by atoms with Gasteiger partial charge in [-0.3, -0.25) is 4.79 Å². The molecule has 0 fully saturated rings. The van der Waals surface area contributed by atoms with Crippen LogP contribution in [0.25, 0.3) is 11.3 Å². The number of aryl methyl sites for hydroxylation is 1. The minimum Gasteiger partial charge on any atom is -0.496 e. The molecule has 5 heteroatoms. The molecular formula is C14H16N2O2S. The van der Waals surface area contributed by atoms with Gasteiger partial charge in [-0.2, -0.15) is 0 Å². The zero-order valence-corrected chi connectivity index (χ0v) is 12.2. The molecule has 0 unspecified atom stereocenters. The van der Waals surface area contributed by atoms with Gasteiger partial charge >= 0.3 is 0 Å². The average Bonchev–Trinajstić information content (AvgIpc) is 2.82. The Hall–Kier alpha value is -1.88. The zero-order chi connectivity index (χ0) is 14.0. The Morgan fingerprint density at radius 2 is 2.11 bits per heavy atom. The Labute approximate surface area is 116 Å². The van der Waals surface area contributed by atoms with Crippen LogP contribution in [0.2, 0.25) is 0 Å². The van der Waals surface area contributed by atoms with E-state index in [2.05, 4.69) is 4.98 Å². The number of thiazole rings is 1. The van der Waals surface area contributed by atoms with Crippen molar-refractivity contribution in [1.29, 1.82) is 0 Å².